The average molecular weight is 274 g/mol. The van der Waals surface area contributed by atoms with Crippen molar-refractivity contribution in [2.45, 2.75) is 6.92 Å². The first-order chi connectivity index (χ1) is 9.66. The molecule has 0 saturated carbocycles. The summed E-state index contributed by atoms with van der Waals surface area (Å²) in [6.45, 7) is 2.08. The molecule has 20 heavy (non-hydrogen) atoms. The molecule has 0 aliphatic rings. The molecule has 0 spiro atoms. The quantitative estimate of drug-likeness (QED) is 0.619. The van der Waals surface area contributed by atoms with Gasteiger partial charge in [-0.2, -0.15) is 0 Å². The van der Waals surface area contributed by atoms with Gasteiger partial charge in [-0.1, -0.05) is 29.8 Å². The Balaban J connectivity index is 1.82. The normalized spacial score (nSPS) is 10.1. The number of carbonyl (C=O) groups is 1. The minimum Gasteiger partial charge on any atom is -0.490 e. The average Bonchev–Trinajstić information content (AvgIpc) is 2.47. The summed E-state index contributed by atoms with van der Waals surface area (Å²) in [4.78, 5) is 11.7. The lowest BCUT2D eigenvalue weighted by Gasteiger charge is -2.08. The summed E-state index contributed by atoms with van der Waals surface area (Å²) >= 11 is 0. The number of benzene rings is 2. The van der Waals surface area contributed by atoms with E-state index in [-0.39, 0.29) is 18.8 Å². The highest BCUT2D eigenvalue weighted by Crippen LogP contribution is 2.12. The summed E-state index contributed by atoms with van der Waals surface area (Å²) in [5.41, 5.74) is 0.753. The zero-order valence-electron chi connectivity index (χ0n) is 11.1. The molecule has 0 aliphatic heterocycles. The monoisotopic (exact) mass is 274 g/mol. The van der Waals surface area contributed by atoms with Crippen LogP contribution in [-0.2, 0) is 4.74 Å². The molecule has 0 atom stereocenters. The largest absolute Gasteiger partial charge is 0.490 e. The molecule has 3 nitrogen and oxygen atoms in total. The summed E-state index contributed by atoms with van der Waals surface area (Å²) in [5.74, 6) is -0.558. The molecule has 0 unspecified atom stereocenters. The Kier molecular flexibility index (Phi) is 4.71. The van der Waals surface area contributed by atoms with Crippen LogP contribution in [-0.4, -0.2) is 19.2 Å². The van der Waals surface area contributed by atoms with E-state index in [1.165, 1.54) is 12.1 Å². The van der Waals surface area contributed by atoms with Crippen molar-refractivity contribution in [2.24, 2.45) is 0 Å². The van der Waals surface area contributed by atoms with Crippen molar-refractivity contribution < 1.29 is 18.7 Å². The number of halogens is 1. The fourth-order valence-electron chi connectivity index (χ4n) is 1.68. The minimum atomic E-state index is -0.678. The molecule has 2 aromatic carbocycles. The van der Waals surface area contributed by atoms with Crippen molar-refractivity contribution in [3.8, 4) is 5.75 Å². The van der Waals surface area contributed by atoms with Gasteiger partial charge in [0.1, 0.15) is 24.8 Å². The Labute approximate surface area is 117 Å². The van der Waals surface area contributed by atoms with E-state index >= 15 is 0 Å². The molecule has 0 aliphatic carbocycles. The summed E-state index contributed by atoms with van der Waals surface area (Å²) in [6.07, 6.45) is 0. The summed E-state index contributed by atoms with van der Waals surface area (Å²) < 4.78 is 23.8. The molecule has 0 bridgehead atoms. The highest BCUT2D eigenvalue weighted by Gasteiger charge is 2.13. The third-order valence-corrected chi connectivity index (χ3v) is 2.67. The molecular weight excluding hydrogens is 259 g/mol. The lowest BCUT2D eigenvalue weighted by Crippen LogP contribution is -2.13. The fraction of sp³-hybridized carbons (Fsp3) is 0.188. The van der Waals surface area contributed by atoms with Gasteiger partial charge in [0.05, 0.1) is 5.56 Å². The van der Waals surface area contributed by atoms with Crippen molar-refractivity contribution in [2.75, 3.05) is 13.2 Å². The summed E-state index contributed by atoms with van der Waals surface area (Å²) in [6, 6.07) is 13.5. The van der Waals surface area contributed by atoms with Crippen molar-refractivity contribution in [3.63, 3.8) is 0 Å². The van der Waals surface area contributed by atoms with Gasteiger partial charge in [-0.05, 0) is 31.2 Å². The maximum Gasteiger partial charge on any atom is 0.341 e. The summed E-state index contributed by atoms with van der Waals surface area (Å²) in [5, 5.41) is 0. The van der Waals surface area contributed by atoms with E-state index in [1.54, 1.807) is 13.0 Å². The van der Waals surface area contributed by atoms with Crippen LogP contribution in [0.15, 0.2) is 48.5 Å². The number of hydrogen-bond donors (Lipinski definition) is 0. The molecule has 0 N–H and O–H groups in total. The van der Waals surface area contributed by atoms with E-state index in [1.807, 2.05) is 30.3 Å². The molecule has 0 radical (unpaired) electrons. The van der Waals surface area contributed by atoms with Gasteiger partial charge < -0.3 is 9.47 Å². The maximum atomic E-state index is 13.5. The molecule has 104 valence electrons. The first kappa shape index (κ1) is 14.1. The van der Waals surface area contributed by atoms with Crippen LogP contribution in [0.25, 0.3) is 0 Å². The second-order valence-electron chi connectivity index (χ2n) is 4.28. The third-order valence-electron chi connectivity index (χ3n) is 2.67. The van der Waals surface area contributed by atoms with E-state index in [0.29, 0.717) is 5.75 Å². The summed E-state index contributed by atoms with van der Waals surface area (Å²) in [7, 11) is 0. The zero-order valence-corrected chi connectivity index (χ0v) is 11.1. The topological polar surface area (TPSA) is 35.5 Å². The molecular formula is C16H15FO3. The van der Waals surface area contributed by atoms with Crippen LogP contribution < -0.4 is 4.74 Å². The van der Waals surface area contributed by atoms with E-state index in [0.717, 1.165) is 5.56 Å². The molecule has 2 rings (SSSR count). The molecule has 4 heteroatoms. The van der Waals surface area contributed by atoms with Gasteiger partial charge in [-0.3, -0.25) is 0 Å². The number of rotatable bonds is 5. The number of hydrogen-bond acceptors (Lipinski definition) is 3. The van der Waals surface area contributed by atoms with Crippen molar-refractivity contribution in [3.05, 3.63) is 65.5 Å². The lowest BCUT2D eigenvalue weighted by molar-refractivity contribution is 0.0445. The van der Waals surface area contributed by atoms with Gasteiger partial charge in [0.2, 0.25) is 0 Å². The minimum absolute atomic E-state index is 0.0512. The molecule has 0 fully saturated rings. The van der Waals surface area contributed by atoms with E-state index in [4.69, 9.17) is 9.47 Å². The van der Waals surface area contributed by atoms with Gasteiger partial charge in [0, 0.05) is 0 Å². The highest BCUT2D eigenvalue weighted by atomic mass is 19.1. The van der Waals surface area contributed by atoms with Crippen LogP contribution in [0, 0.1) is 12.7 Å². The number of carbonyl (C=O) groups excluding carboxylic acids is 1. The predicted octanol–water partition coefficient (Wildman–Crippen LogP) is 3.37. The van der Waals surface area contributed by atoms with Crippen LogP contribution in [0.3, 0.4) is 0 Å². The van der Waals surface area contributed by atoms with Crippen molar-refractivity contribution >= 4 is 5.97 Å². The molecule has 0 saturated heterocycles. The predicted molar refractivity (Wildman–Crippen MR) is 73.4 cm³/mol. The van der Waals surface area contributed by atoms with Gasteiger partial charge in [0.25, 0.3) is 0 Å². The van der Waals surface area contributed by atoms with Crippen LogP contribution in [0.1, 0.15) is 15.9 Å². The smallest absolute Gasteiger partial charge is 0.341 e. The standard InChI is InChI=1S/C16H15FO3/c1-12-7-8-15(17)14(11-12)16(18)20-10-9-19-13-5-3-2-4-6-13/h2-8,11H,9-10H2,1H3. The van der Waals surface area contributed by atoms with Gasteiger partial charge >= 0.3 is 5.97 Å². The molecule has 2 aromatic rings. The van der Waals surface area contributed by atoms with Crippen molar-refractivity contribution in [1.82, 2.24) is 0 Å². The van der Waals surface area contributed by atoms with Gasteiger partial charge in [0.15, 0.2) is 0 Å². The second-order valence-corrected chi connectivity index (χ2v) is 4.28. The first-order valence-electron chi connectivity index (χ1n) is 6.28. The Bertz CT molecular complexity index is 582. The van der Waals surface area contributed by atoms with E-state index < -0.39 is 11.8 Å². The zero-order chi connectivity index (χ0) is 14.4. The molecule has 0 heterocycles. The fourth-order valence-corrected chi connectivity index (χ4v) is 1.68. The molecule has 0 aromatic heterocycles. The maximum absolute atomic E-state index is 13.5. The second kappa shape index (κ2) is 6.70. The van der Waals surface area contributed by atoms with Gasteiger partial charge in [-0.25, -0.2) is 9.18 Å². The Hall–Kier alpha value is -2.36. The van der Waals surface area contributed by atoms with Crippen LogP contribution in [0.4, 0.5) is 4.39 Å². The lowest BCUT2D eigenvalue weighted by atomic mass is 10.1. The SMILES string of the molecule is Cc1ccc(F)c(C(=O)OCCOc2ccccc2)c1. The Morgan fingerprint density at radius 1 is 1.10 bits per heavy atom. The third kappa shape index (κ3) is 3.82. The highest BCUT2D eigenvalue weighted by molar-refractivity contribution is 5.89. The van der Waals surface area contributed by atoms with E-state index in [2.05, 4.69) is 0 Å². The van der Waals surface area contributed by atoms with E-state index in [9.17, 15) is 9.18 Å². The molecule has 0 amide bonds. The number of ether oxygens (including phenoxy) is 2. The Morgan fingerprint density at radius 3 is 2.60 bits per heavy atom. The number of esters is 1. The van der Waals surface area contributed by atoms with Crippen LogP contribution >= 0.6 is 0 Å². The number of aryl methyl sites for hydroxylation is 1. The van der Waals surface area contributed by atoms with Crippen LogP contribution in [0.5, 0.6) is 5.75 Å². The number of para-hydroxylation sites is 1. The van der Waals surface area contributed by atoms with Gasteiger partial charge in [-0.15, -0.1) is 0 Å². The van der Waals surface area contributed by atoms with Crippen molar-refractivity contribution in [1.29, 1.82) is 0 Å². The first-order valence-corrected chi connectivity index (χ1v) is 6.28. The Morgan fingerprint density at radius 2 is 1.85 bits per heavy atom. The van der Waals surface area contributed by atoms with Crippen LogP contribution in [0.2, 0.25) is 0 Å².